The molecule has 1 aliphatic rings. The fraction of sp³-hybridized carbons (Fsp3) is 0.538. The molecule has 1 N–H and O–H groups in total. The van der Waals surface area contributed by atoms with E-state index in [2.05, 4.69) is 5.32 Å². The van der Waals surface area contributed by atoms with Gasteiger partial charge in [-0.15, -0.1) is 0 Å². The zero-order valence-corrected chi connectivity index (χ0v) is 11.4. The lowest BCUT2D eigenvalue weighted by Crippen LogP contribution is -2.41. The summed E-state index contributed by atoms with van der Waals surface area (Å²) in [6, 6.07) is 6.37. The van der Waals surface area contributed by atoms with Crippen molar-refractivity contribution in [1.82, 2.24) is 5.32 Å². The van der Waals surface area contributed by atoms with E-state index in [1.54, 1.807) is 0 Å². The third kappa shape index (κ3) is 3.35. The average molecular weight is 274 g/mol. The molecule has 0 aromatic heterocycles. The SMILES string of the molecule is CNC1CCOCC1Cc1ccc(Cl)c(Cl)c1. The zero-order valence-electron chi connectivity index (χ0n) is 9.88. The summed E-state index contributed by atoms with van der Waals surface area (Å²) in [7, 11) is 2.01. The van der Waals surface area contributed by atoms with E-state index in [-0.39, 0.29) is 0 Å². The van der Waals surface area contributed by atoms with Gasteiger partial charge in [-0.05, 0) is 37.6 Å². The fourth-order valence-electron chi connectivity index (χ4n) is 2.35. The van der Waals surface area contributed by atoms with E-state index < -0.39 is 0 Å². The molecule has 2 rings (SSSR count). The smallest absolute Gasteiger partial charge is 0.0595 e. The van der Waals surface area contributed by atoms with Crippen molar-refractivity contribution in [2.24, 2.45) is 5.92 Å². The largest absolute Gasteiger partial charge is 0.381 e. The van der Waals surface area contributed by atoms with E-state index in [4.69, 9.17) is 27.9 Å². The van der Waals surface area contributed by atoms with Crippen molar-refractivity contribution >= 4 is 23.2 Å². The third-order valence-electron chi connectivity index (χ3n) is 3.33. The van der Waals surface area contributed by atoms with Crippen molar-refractivity contribution in [3.8, 4) is 0 Å². The molecular formula is C13H17Cl2NO. The van der Waals surface area contributed by atoms with Gasteiger partial charge in [-0.3, -0.25) is 0 Å². The number of benzene rings is 1. The van der Waals surface area contributed by atoms with Gasteiger partial charge in [0.2, 0.25) is 0 Å². The Balaban J connectivity index is 2.05. The maximum atomic E-state index is 6.02. The van der Waals surface area contributed by atoms with Crippen LogP contribution >= 0.6 is 23.2 Å². The summed E-state index contributed by atoms with van der Waals surface area (Å²) in [5.74, 6) is 0.506. The first-order chi connectivity index (χ1) is 8.20. The minimum atomic E-state index is 0.506. The number of halogens is 2. The second-order valence-corrected chi connectivity index (χ2v) is 5.29. The normalized spacial score (nSPS) is 24.9. The molecule has 94 valence electrons. The summed E-state index contributed by atoms with van der Waals surface area (Å²) in [6.07, 6.45) is 2.05. The van der Waals surface area contributed by atoms with Gasteiger partial charge < -0.3 is 10.1 Å². The molecule has 0 aliphatic carbocycles. The van der Waals surface area contributed by atoms with Crippen LogP contribution in [0.4, 0.5) is 0 Å². The number of hydrogen-bond donors (Lipinski definition) is 1. The molecule has 0 saturated carbocycles. The molecule has 4 heteroatoms. The molecule has 1 heterocycles. The Morgan fingerprint density at radius 1 is 1.35 bits per heavy atom. The lowest BCUT2D eigenvalue weighted by atomic mass is 9.89. The summed E-state index contributed by atoms with van der Waals surface area (Å²) in [5, 5.41) is 4.60. The molecular weight excluding hydrogens is 257 g/mol. The van der Waals surface area contributed by atoms with Gasteiger partial charge in [-0.25, -0.2) is 0 Å². The minimum Gasteiger partial charge on any atom is -0.381 e. The highest BCUT2D eigenvalue weighted by atomic mass is 35.5. The van der Waals surface area contributed by atoms with Crippen LogP contribution in [-0.4, -0.2) is 26.3 Å². The second-order valence-electron chi connectivity index (χ2n) is 4.47. The summed E-state index contributed by atoms with van der Waals surface area (Å²) < 4.78 is 5.54. The molecule has 2 atom stereocenters. The van der Waals surface area contributed by atoms with Gasteiger partial charge in [0.15, 0.2) is 0 Å². The lowest BCUT2D eigenvalue weighted by Gasteiger charge is -2.31. The van der Waals surface area contributed by atoms with Crippen LogP contribution < -0.4 is 5.32 Å². The van der Waals surface area contributed by atoms with Crippen LogP contribution in [-0.2, 0) is 11.2 Å². The van der Waals surface area contributed by atoms with Gasteiger partial charge in [0.25, 0.3) is 0 Å². The van der Waals surface area contributed by atoms with Crippen molar-refractivity contribution < 1.29 is 4.74 Å². The van der Waals surface area contributed by atoms with E-state index >= 15 is 0 Å². The Labute approximate surface area is 112 Å². The maximum Gasteiger partial charge on any atom is 0.0595 e. The first-order valence-electron chi connectivity index (χ1n) is 5.89. The Morgan fingerprint density at radius 3 is 2.88 bits per heavy atom. The fourth-order valence-corrected chi connectivity index (χ4v) is 2.67. The summed E-state index contributed by atoms with van der Waals surface area (Å²) >= 11 is 11.9. The van der Waals surface area contributed by atoms with Gasteiger partial charge >= 0.3 is 0 Å². The van der Waals surface area contributed by atoms with Crippen LogP contribution in [0.1, 0.15) is 12.0 Å². The van der Waals surface area contributed by atoms with Gasteiger partial charge in [-0.1, -0.05) is 29.3 Å². The highest BCUT2D eigenvalue weighted by molar-refractivity contribution is 6.42. The zero-order chi connectivity index (χ0) is 12.3. The Morgan fingerprint density at radius 2 is 2.18 bits per heavy atom. The standard InChI is InChI=1S/C13H17Cl2NO/c1-16-13-4-5-17-8-10(13)6-9-2-3-11(14)12(15)7-9/h2-3,7,10,13,16H,4-6,8H2,1H3. The van der Waals surface area contributed by atoms with Gasteiger partial charge in [0, 0.05) is 18.6 Å². The Hall–Kier alpha value is -0.280. The van der Waals surface area contributed by atoms with Crippen molar-refractivity contribution in [3.05, 3.63) is 33.8 Å². The predicted octanol–water partition coefficient (Wildman–Crippen LogP) is 3.16. The van der Waals surface area contributed by atoms with Crippen molar-refractivity contribution in [3.63, 3.8) is 0 Å². The molecule has 1 fully saturated rings. The molecule has 1 saturated heterocycles. The van der Waals surface area contributed by atoms with Crippen molar-refractivity contribution in [2.45, 2.75) is 18.9 Å². The summed E-state index contributed by atoms with van der Waals surface area (Å²) in [4.78, 5) is 0. The molecule has 0 spiro atoms. The highest BCUT2D eigenvalue weighted by Gasteiger charge is 2.24. The van der Waals surface area contributed by atoms with Gasteiger partial charge in [-0.2, -0.15) is 0 Å². The molecule has 17 heavy (non-hydrogen) atoms. The highest BCUT2D eigenvalue weighted by Crippen LogP contribution is 2.26. The number of hydrogen-bond acceptors (Lipinski definition) is 2. The quantitative estimate of drug-likeness (QED) is 0.914. The first-order valence-corrected chi connectivity index (χ1v) is 6.65. The summed E-state index contributed by atoms with van der Waals surface area (Å²) in [5.41, 5.74) is 1.22. The van der Waals surface area contributed by atoms with E-state index in [9.17, 15) is 0 Å². The van der Waals surface area contributed by atoms with E-state index in [0.29, 0.717) is 22.0 Å². The predicted molar refractivity (Wildman–Crippen MR) is 71.9 cm³/mol. The maximum absolute atomic E-state index is 6.02. The molecule has 0 bridgehead atoms. The van der Waals surface area contributed by atoms with E-state index in [1.165, 1.54) is 5.56 Å². The second kappa shape index (κ2) is 6.05. The molecule has 2 unspecified atom stereocenters. The van der Waals surface area contributed by atoms with E-state index in [0.717, 1.165) is 26.1 Å². The lowest BCUT2D eigenvalue weighted by molar-refractivity contribution is 0.0342. The summed E-state index contributed by atoms with van der Waals surface area (Å²) in [6.45, 7) is 1.66. The van der Waals surface area contributed by atoms with Crippen LogP contribution in [0.25, 0.3) is 0 Å². The molecule has 1 aliphatic heterocycles. The van der Waals surface area contributed by atoms with Crippen molar-refractivity contribution in [1.29, 1.82) is 0 Å². The third-order valence-corrected chi connectivity index (χ3v) is 4.07. The monoisotopic (exact) mass is 273 g/mol. The molecule has 0 radical (unpaired) electrons. The molecule has 1 aromatic carbocycles. The number of rotatable bonds is 3. The topological polar surface area (TPSA) is 21.3 Å². The first kappa shape index (κ1) is 13.2. The molecule has 1 aromatic rings. The van der Waals surface area contributed by atoms with Crippen LogP contribution in [0.15, 0.2) is 18.2 Å². The Kier molecular flexibility index (Phi) is 4.69. The van der Waals surface area contributed by atoms with E-state index in [1.807, 2.05) is 25.2 Å². The number of ether oxygens (including phenoxy) is 1. The number of nitrogens with one attached hydrogen (secondary N) is 1. The van der Waals surface area contributed by atoms with Crippen LogP contribution in [0.5, 0.6) is 0 Å². The van der Waals surface area contributed by atoms with Crippen LogP contribution in [0, 0.1) is 5.92 Å². The van der Waals surface area contributed by atoms with Gasteiger partial charge in [0.05, 0.1) is 16.7 Å². The Bertz CT molecular complexity index is 384. The van der Waals surface area contributed by atoms with Crippen molar-refractivity contribution in [2.75, 3.05) is 20.3 Å². The minimum absolute atomic E-state index is 0.506. The van der Waals surface area contributed by atoms with Gasteiger partial charge in [0.1, 0.15) is 0 Å². The van der Waals surface area contributed by atoms with Crippen LogP contribution in [0.2, 0.25) is 10.0 Å². The van der Waals surface area contributed by atoms with Crippen LogP contribution in [0.3, 0.4) is 0 Å². The molecule has 2 nitrogen and oxygen atoms in total. The average Bonchev–Trinajstić information content (AvgIpc) is 2.34. The molecule has 0 amide bonds.